The molecule has 1 atom stereocenters. The molecule has 0 fully saturated rings. The maximum atomic E-state index is 12.5. The molecule has 2 aromatic rings. The molecule has 0 aliphatic rings. The predicted octanol–water partition coefficient (Wildman–Crippen LogP) is 4.91. The number of nitrogens with zero attached hydrogens (tertiary/aromatic N) is 1. The Morgan fingerprint density at radius 3 is 2.38 bits per heavy atom. The van der Waals surface area contributed by atoms with Crippen LogP contribution >= 0.6 is 31.9 Å². The van der Waals surface area contributed by atoms with E-state index in [1.807, 2.05) is 50.4 Å². The van der Waals surface area contributed by atoms with E-state index in [-0.39, 0.29) is 11.8 Å². The lowest BCUT2D eigenvalue weighted by atomic mass is 10.0. The van der Waals surface area contributed by atoms with Gasteiger partial charge in [0, 0.05) is 21.1 Å². The number of ketones is 1. The third kappa shape index (κ3) is 4.50. The highest BCUT2D eigenvalue weighted by atomic mass is 79.9. The number of hydrogen-bond donors (Lipinski definition) is 0. The van der Waals surface area contributed by atoms with Crippen LogP contribution in [0, 0.1) is 0 Å². The van der Waals surface area contributed by atoms with Crippen molar-refractivity contribution in [1.82, 2.24) is 4.90 Å². The van der Waals surface area contributed by atoms with Crippen LogP contribution in [0.3, 0.4) is 0 Å². The average Bonchev–Trinajstić information content (AvgIpc) is 2.46. The van der Waals surface area contributed by atoms with Crippen molar-refractivity contribution in [3.05, 3.63) is 68.6 Å². The van der Waals surface area contributed by atoms with Crippen LogP contribution in [0.1, 0.15) is 22.8 Å². The van der Waals surface area contributed by atoms with Crippen LogP contribution in [0.25, 0.3) is 0 Å². The molecule has 0 saturated carbocycles. The van der Waals surface area contributed by atoms with Gasteiger partial charge in [-0.25, -0.2) is 0 Å². The molecule has 0 aliphatic carbocycles. The molecular formula is C17H17Br2NO. The Balaban J connectivity index is 2.06. The molecular weight excluding hydrogens is 394 g/mol. The lowest BCUT2D eigenvalue weighted by Crippen LogP contribution is -2.35. The SMILES string of the molecule is CC(C(=O)c1ccc(Br)cc1)N(C)Cc1cccc(Br)c1. The Hall–Kier alpha value is -0.970. The third-order valence-corrected chi connectivity index (χ3v) is 4.51. The van der Waals surface area contributed by atoms with Crippen LogP contribution in [-0.4, -0.2) is 23.8 Å². The maximum absolute atomic E-state index is 12.5. The van der Waals surface area contributed by atoms with E-state index in [9.17, 15) is 4.79 Å². The first kappa shape index (κ1) is 16.4. The van der Waals surface area contributed by atoms with E-state index in [1.165, 1.54) is 5.56 Å². The van der Waals surface area contributed by atoms with Gasteiger partial charge in [-0.2, -0.15) is 0 Å². The van der Waals surface area contributed by atoms with E-state index in [2.05, 4.69) is 48.9 Å². The number of likely N-dealkylation sites (N-methyl/N-ethyl adjacent to an activating group) is 1. The molecule has 2 nitrogen and oxygen atoms in total. The quantitative estimate of drug-likeness (QED) is 0.652. The van der Waals surface area contributed by atoms with E-state index < -0.39 is 0 Å². The van der Waals surface area contributed by atoms with E-state index >= 15 is 0 Å². The first-order valence-electron chi connectivity index (χ1n) is 6.72. The highest BCUT2D eigenvalue weighted by Crippen LogP contribution is 2.17. The number of rotatable bonds is 5. The molecule has 0 amide bonds. The molecule has 0 aromatic heterocycles. The van der Waals surface area contributed by atoms with Gasteiger partial charge in [-0.1, -0.05) is 56.1 Å². The first-order valence-corrected chi connectivity index (χ1v) is 8.30. The van der Waals surface area contributed by atoms with Gasteiger partial charge in [0.15, 0.2) is 5.78 Å². The molecule has 0 radical (unpaired) electrons. The van der Waals surface area contributed by atoms with E-state index in [0.29, 0.717) is 0 Å². The monoisotopic (exact) mass is 409 g/mol. The highest BCUT2D eigenvalue weighted by Gasteiger charge is 2.19. The van der Waals surface area contributed by atoms with Crippen LogP contribution in [0.5, 0.6) is 0 Å². The molecule has 0 aliphatic heterocycles. The minimum absolute atomic E-state index is 0.139. The topological polar surface area (TPSA) is 20.3 Å². The second kappa shape index (κ2) is 7.34. The average molecular weight is 411 g/mol. The third-order valence-electron chi connectivity index (χ3n) is 3.49. The van der Waals surface area contributed by atoms with Crippen LogP contribution in [0.15, 0.2) is 57.5 Å². The molecule has 0 spiro atoms. The van der Waals surface area contributed by atoms with Gasteiger partial charge in [-0.3, -0.25) is 9.69 Å². The second-order valence-electron chi connectivity index (χ2n) is 5.09. The molecule has 110 valence electrons. The Bertz CT molecular complexity index is 625. The molecule has 0 heterocycles. The van der Waals surface area contributed by atoms with E-state index in [0.717, 1.165) is 21.1 Å². The van der Waals surface area contributed by atoms with Crippen molar-refractivity contribution in [3.8, 4) is 0 Å². The normalized spacial score (nSPS) is 12.4. The lowest BCUT2D eigenvalue weighted by Gasteiger charge is -2.23. The summed E-state index contributed by atoms with van der Waals surface area (Å²) >= 11 is 6.86. The minimum Gasteiger partial charge on any atom is -0.292 e. The first-order chi connectivity index (χ1) is 9.97. The zero-order chi connectivity index (χ0) is 15.4. The standard InChI is InChI=1S/C17H17Br2NO/c1-12(17(21)14-6-8-15(18)9-7-14)20(2)11-13-4-3-5-16(19)10-13/h3-10,12H,11H2,1-2H3. The van der Waals surface area contributed by atoms with Gasteiger partial charge in [0.05, 0.1) is 6.04 Å². The lowest BCUT2D eigenvalue weighted by molar-refractivity contribution is 0.0862. The number of benzene rings is 2. The van der Waals surface area contributed by atoms with Gasteiger partial charge in [0.25, 0.3) is 0 Å². The van der Waals surface area contributed by atoms with Crippen molar-refractivity contribution in [2.24, 2.45) is 0 Å². The van der Waals surface area contributed by atoms with Crippen molar-refractivity contribution >= 4 is 37.6 Å². The number of Topliss-reactive ketones (excluding diaryl/α,β-unsaturated/α-hetero) is 1. The summed E-state index contributed by atoms with van der Waals surface area (Å²) in [6.45, 7) is 2.69. The van der Waals surface area contributed by atoms with Crippen LogP contribution in [-0.2, 0) is 6.54 Å². The zero-order valence-electron chi connectivity index (χ0n) is 12.0. The summed E-state index contributed by atoms with van der Waals surface area (Å²) < 4.78 is 2.04. The number of carbonyl (C=O) groups excluding carboxylic acids is 1. The highest BCUT2D eigenvalue weighted by molar-refractivity contribution is 9.10. The summed E-state index contributed by atoms with van der Waals surface area (Å²) in [5.41, 5.74) is 1.93. The molecule has 0 saturated heterocycles. The van der Waals surface area contributed by atoms with E-state index in [1.54, 1.807) is 0 Å². The second-order valence-corrected chi connectivity index (χ2v) is 6.92. The number of carbonyl (C=O) groups is 1. The zero-order valence-corrected chi connectivity index (χ0v) is 15.2. The van der Waals surface area contributed by atoms with E-state index in [4.69, 9.17) is 0 Å². The Morgan fingerprint density at radius 1 is 1.10 bits per heavy atom. The largest absolute Gasteiger partial charge is 0.292 e. The van der Waals surface area contributed by atoms with Gasteiger partial charge < -0.3 is 0 Å². The summed E-state index contributed by atoms with van der Waals surface area (Å²) in [5, 5.41) is 0. The van der Waals surface area contributed by atoms with Gasteiger partial charge in [-0.05, 0) is 43.8 Å². The summed E-state index contributed by atoms with van der Waals surface area (Å²) in [6, 6.07) is 15.5. The smallest absolute Gasteiger partial charge is 0.179 e. The van der Waals surface area contributed by atoms with Gasteiger partial charge in [0.2, 0.25) is 0 Å². The molecule has 1 unspecified atom stereocenters. The van der Waals surface area contributed by atoms with Crippen LogP contribution < -0.4 is 0 Å². The fourth-order valence-corrected chi connectivity index (χ4v) is 2.83. The van der Waals surface area contributed by atoms with Crippen molar-refractivity contribution in [2.75, 3.05) is 7.05 Å². The summed E-state index contributed by atoms with van der Waals surface area (Å²) in [6.07, 6.45) is 0. The summed E-state index contributed by atoms with van der Waals surface area (Å²) in [4.78, 5) is 14.5. The number of hydrogen-bond acceptors (Lipinski definition) is 2. The van der Waals surface area contributed by atoms with Crippen molar-refractivity contribution in [2.45, 2.75) is 19.5 Å². The predicted molar refractivity (Wildman–Crippen MR) is 93.5 cm³/mol. The van der Waals surface area contributed by atoms with Gasteiger partial charge in [-0.15, -0.1) is 0 Å². The van der Waals surface area contributed by atoms with Gasteiger partial charge >= 0.3 is 0 Å². The molecule has 0 bridgehead atoms. The van der Waals surface area contributed by atoms with Crippen LogP contribution in [0.4, 0.5) is 0 Å². The summed E-state index contributed by atoms with van der Waals surface area (Å²) in [7, 11) is 1.97. The Labute approximate surface area is 142 Å². The van der Waals surface area contributed by atoms with Gasteiger partial charge in [0.1, 0.15) is 0 Å². The summed E-state index contributed by atoms with van der Waals surface area (Å²) in [5.74, 6) is 0.139. The molecule has 2 aromatic carbocycles. The van der Waals surface area contributed by atoms with Crippen LogP contribution in [0.2, 0.25) is 0 Å². The fourth-order valence-electron chi connectivity index (χ4n) is 2.12. The molecule has 2 rings (SSSR count). The molecule has 0 N–H and O–H groups in total. The number of halogens is 2. The van der Waals surface area contributed by atoms with Crippen molar-refractivity contribution in [1.29, 1.82) is 0 Å². The molecule has 4 heteroatoms. The minimum atomic E-state index is -0.162. The fraction of sp³-hybridized carbons (Fsp3) is 0.235. The molecule has 21 heavy (non-hydrogen) atoms. The Morgan fingerprint density at radius 2 is 1.76 bits per heavy atom. The van der Waals surface area contributed by atoms with Crippen molar-refractivity contribution in [3.63, 3.8) is 0 Å². The van der Waals surface area contributed by atoms with Crippen molar-refractivity contribution < 1.29 is 4.79 Å². The Kier molecular flexibility index (Phi) is 5.73. The maximum Gasteiger partial charge on any atom is 0.179 e.